The summed E-state index contributed by atoms with van der Waals surface area (Å²) >= 11 is 0. The fourth-order valence-corrected chi connectivity index (χ4v) is 2.33. The molecule has 0 amide bonds. The molecule has 1 saturated heterocycles. The molecule has 2 heterocycles. The van der Waals surface area contributed by atoms with Crippen LogP contribution in [0.2, 0.25) is 0 Å². The standard InChI is InChI=1S/C14H25N3O/c1-13(2,3)8-6-11-16-12(18-17-11)14(4)7-5-9-15-10-14/h15H,5-10H2,1-4H3. The van der Waals surface area contributed by atoms with Crippen LogP contribution in [0, 0.1) is 5.41 Å². The first-order valence-corrected chi connectivity index (χ1v) is 6.93. The van der Waals surface area contributed by atoms with E-state index in [1.165, 1.54) is 6.42 Å². The number of hydrogen-bond donors (Lipinski definition) is 1. The van der Waals surface area contributed by atoms with Crippen molar-refractivity contribution in [1.82, 2.24) is 15.5 Å². The molecule has 4 heteroatoms. The van der Waals surface area contributed by atoms with Gasteiger partial charge in [0.2, 0.25) is 5.89 Å². The van der Waals surface area contributed by atoms with Crippen LogP contribution < -0.4 is 5.32 Å². The highest BCUT2D eigenvalue weighted by atomic mass is 16.5. The molecule has 2 rings (SSSR count). The van der Waals surface area contributed by atoms with E-state index in [1.807, 2.05) is 0 Å². The van der Waals surface area contributed by atoms with Gasteiger partial charge in [-0.1, -0.05) is 25.9 Å². The molecule has 0 spiro atoms. The molecule has 0 saturated carbocycles. The lowest BCUT2D eigenvalue weighted by molar-refractivity contribution is 0.244. The molecule has 4 nitrogen and oxygen atoms in total. The minimum absolute atomic E-state index is 0.0191. The Hall–Kier alpha value is -0.900. The Morgan fingerprint density at radius 3 is 2.78 bits per heavy atom. The van der Waals surface area contributed by atoms with E-state index < -0.39 is 0 Å². The second-order valence-electron chi connectivity index (χ2n) is 6.92. The average Bonchev–Trinajstić information content (AvgIpc) is 2.76. The van der Waals surface area contributed by atoms with E-state index in [0.29, 0.717) is 5.41 Å². The highest BCUT2D eigenvalue weighted by Crippen LogP contribution is 2.29. The zero-order valence-electron chi connectivity index (χ0n) is 12.0. The normalized spacial score (nSPS) is 25.3. The van der Waals surface area contributed by atoms with Crippen molar-refractivity contribution in [3.05, 3.63) is 11.7 Å². The third-order valence-electron chi connectivity index (χ3n) is 3.68. The molecule has 102 valence electrons. The zero-order chi connectivity index (χ0) is 13.2. The lowest BCUT2D eigenvalue weighted by Crippen LogP contribution is -2.41. The minimum atomic E-state index is 0.0191. The highest BCUT2D eigenvalue weighted by molar-refractivity contribution is 5.06. The van der Waals surface area contributed by atoms with Gasteiger partial charge >= 0.3 is 0 Å². The third kappa shape index (κ3) is 3.31. The summed E-state index contributed by atoms with van der Waals surface area (Å²) in [6.07, 6.45) is 4.29. The van der Waals surface area contributed by atoms with Gasteiger partial charge in [0.05, 0.1) is 5.41 Å². The Labute approximate surface area is 110 Å². The van der Waals surface area contributed by atoms with Crippen LogP contribution in [-0.2, 0) is 11.8 Å². The SMILES string of the molecule is CC(C)(C)CCc1noc(C2(C)CCCNC2)n1. The fraction of sp³-hybridized carbons (Fsp3) is 0.857. The summed E-state index contributed by atoms with van der Waals surface area (Å²) in [6.45, 7) is 11.0. The Morgan fingerprint density at radius 2 is 2.17 bits per heavy atom. The summed E-state index contributed by atoms with van der Waals surface area (Å²) in [5.41, 5.74) is 0.336. The van der Waals surface area contributed by atoms with Crippen molar-refractivity contribution in [2.24, 2.45) is 5.41 Å². The number of nitrogens with one attached hydrogen (secondary N) is 1. The second kappa shape index (κ2) is 5.00. The predicted molar refractivity (Wildman–Crippen MR) is 71.5 cm³/mol. The van der Waals surface area contributed by atoms with Crippen LogP contribution in [0.4, 0.5) is 0 Å². The van der Waals surface area contributed by atoms with Gasteiger partial charge in [0.15, 0.2) is 5.82 Å². The van der Waals surface area contributed by atoms with Gasteiger partial charge in [0.25, 0.3) is 0 Å². The van der Waals surface area contributed by atoms with E-state index in [0.717, 1.165) is 44.1 Å². The molecule has 18 heavy (non-hydrogen) atoms. The number of nitrogens with zero attached hydrogens (tertiary/aromatic N) is 2. The van der Waals surface area contributed by atoms with Crippen molar-refractivity contribution in [1.29, 1.82) is 0 Å². The minimum Gasteiger partial charge on any atom is -0.339 e. The molecular formula is C14H25N3O. The maximum Gasteiger partial charge on any atom is 0.233 e. The number of piperidine rings is 1. The summed E-state index contributed by atoms with van der Waals surface area (Å²) in [7, 11) is 0. The van der Waals surface area contributed by atoms with Crippen LogP contribution in [0.15, 0.2) is 4.52 Å². The van der Waals surface area contributed by atoms with E-state index in [-0.39, 0.29) is 5.41 Å². The molecule has 1 aliphatic heterocycles. The highest BCUT2D eigenvalue weighted by Gasteiger charge is 2.34. The second-order valence-corrected chi connectivity index (χ2v) is 6.92. The monoisotopic (exact) mass is 251 g/mol. The molecule has 1 aromatic heterocycles. The summed E-state index contributed by atoms with van der Waals surface area (Å²) < 4.78 is 5.47. The molecule has 0 bridgehead atoms. The van der Waals surface area contributed by atoms with Crippen LogP contribution in [0.25, 0.3) is 0 Å². The molecule has 1 atom stereocenters. The Kier molecular flexibility index (Phi) is 3.76. The summed E-state index contributed by atoms with van der Waals surface area (Å²) in [5.74, 6) is 1.66. The van der Waals surface area contributed by atoms with Crippen molar-refractivity contribution in [2.45, 2.75) is 58.8 Å². The van der Waals surface area contributed by atoms with Gasteiger partial charge in [-0.05, 0) is 38.1 Å². The van der Waals surface area contributed by atoms with Crippen molar-refractivity contribution in [3.8, 4) is 0 Å². The smallest absolute Gasteiger partial charge is 0.233 e. The quantitative estimate of drug-likeness (QED) is 0.897. The van der Waals surface area contributed by atoms with Crippen LogP contribution in [0.3, 0.4) is 0 Å². The van der Waals surface area contributed by atoms with E-state index in [9.17, 15) is 0 Å². The molecule has 1 N–H and O–H groups in total. The first kappa shape index (κ1) is 13.5. The first-order chi connectivity index (χ1) is 8.39. The van der Waals surface area contributed by atoms with Gasteiger partial charge in [-0.25, -0.2) is 0 Å². The van der Waals surface area contributed by atoms with Crippen LogP contribution in [0.1, 0.15) is 58.7 Å². The third-order valence-corrected chi connectivity index (χ3v) is 3.68. The maximum absolute atomic E-state index is 5.47. The van der Waals surface area contributed by atoms with Gasteiger partial charge in [0.1, 0.15) is 0 Å². The lowest BCUT2D eigenvalue weighted by atomic mass is 9.83. The maximum atomic E-state index is 5.47. The Morgan fingerprint density at radius 1 is 1.39 bits per heavy atom. The molecule has 0 aromatic carbocycles. The summed E-state index contributed by atoms with van der Waals surface area (Å²) in [6, 6.07) is 0. The van der Waals surface area contributed by atoms with Crippen molar-refractivity contribution in [3.63, 3.8) is 0 Å². The zero-order valence-corrected chi connectivity index (χ0v) is 12.0. The molecule has 0 aliphatic carbocycles. The van der Waals surface area contributed by atoms with Crippen molar-refractivity contribution in [2.75, 3.05) is 13.1 Å². The van der Waals surface area contributed by atoms with Gasteiger partial charge in [-0.3, -0.25) is 0 Å². The molecule has 1 aromatic rings. The van der Waals surface area contributed by atoms with Gasteiger partial charge in [-0.2, -0.15) is 4.98 Å². The van der Waals surface area contributed by atoms with Gasteiger partial charge in [-0.15, -0.1) is 0 Å². The number of aromatic nitrogens is 2. The van der Waals surface area contributed by atoms with Crippen LogP contribution in [0.5, 0.6) is 0 Å². The molecule has 1 unspecified atom stereocenters. The Balaban J connectivity index is 2.01. The van der Waals surface area contributed by atoms with Crippen molar-refractivity contribution < 1.29 is 4.52 Å². The predicted octanol–water partition coefficient (Wildman–Crippen LogP) is 2.69. The number of aryl methyl sites for hydroxylation is 1. The fourth-order valence-electron chi connectivity index (χ4n) is 2.33. The molecule has 1 fully saturated rings. The van der Waals surface area contributed by atoms with E-state index >= 15 is 0 Å². The summed E-state index contributed by atoms with van der Waals surface area (Å²) in [4.78, 5) is 4.59. The molecular weight excluding hydrogens is 226 g/mol. The van der Waals surface area contributed by atoms with E-state index in [4.69, 9.17) is 4.52 Å². The molecule has 0 radical (unpaired) electrons. The average molecular weight is 251 g/mol. The van der Waals surface area contributed by atoms with Crippen LogP contribution >= 0.6 is 0 Å². The van der Waals surface area contributed by atoms with Crippen molar-refractivity contribution >= 4 is 0 Å². The largest absolute Gasteiger partial charge is 0.339 e. The number of hydrogen-bond acceptors (Lipinski definition) is 4. The van der Waals surface area contributed by atoms with E-state index in [1.54, 1.807) is 0 Å². The number of rotatable bonds is 3. The van der Waals surface area contributed by atoms with Gasteiger partial charge in [0, 0.05) is 13.0 Å². The topological polar surface area (TPSA) is 51.0 Å². The molecule has 1 aliphatic rings. The van der Waals surface area contributed by atoms with Gasteiger partial charge < -0.3 is 9.84 Å². The lowest BCUT2D eigenvalue weighted by Gasteiger charge is -2.30. The summed E-state index contributed by atoms with van der Waals surface area (Å²) in [5, 5.41) is 7.54. The Bertz CT molecular complexity index is 386. The van der Waals surface area contributed by atoms with E-state index in [2.05, 4.69) is 43.2 Å². The first-order valence-electron chi connectivity index (χ1n) is 6.93. The van der Waals surface area contributed by atoms with Crippen LogP contribution in [-0.4, -0.2) is 23.2 Å².